The average Bonchev–Trinajstić information content (AvgIpc) is 0.811. The van der Waals surface area contributed by atoms with Crippen molar-refractivity contribution in [1.82, 2.24) is 0 Å². The minimum Gasteiger partial charge on any atom is -1.00 e. The van der Waals surface area contributed by atoms with Crippen molar-refractivity contribution in [2.75, 3.05) is 0 Å². The molecule has 31 valence electrons. The van der Waals surface area contributed by atoms with Crippen molar-refractivity contribution in [2.24, 2.45) is 0 Å². The van der Waals surface area contributed by atoms with Crippen LogP contribution in [0.4, 0.5) is 0 Å². The molecule has 0 aliphatic carbocycles. The zero-order valence-corrected chi connectivity index (χ0v) is 9.70. The largest absolute Gasteiger partial charge is 1.00 e. The summed E-state index contributed by atoms with van der Waals surface area (Å²) in [4.78, 5) is 0. The minimum absolute atomic E-state index is 0. The predicted octanol–water partition coefficient (Wildman–Crippen LogP) is -4.94. The van der Waals surface area contributed by atoms with E-state index in [1.807, 2.05) is 0 Å². The van der Waals surface area contributed by atoms with Crippen molar-refractivity contribution in [3.63, 3.8) is 0 Å². The Morgan fingerprint density at radius 1 is 1.17 bits per heavy atom. The third-order valence-corrected chi connectivity index (χ3v) is 0. The van der Waals surface area contributed by atoms with Gasteiger partial charge < -0.3 is 16.5 Å². The fourth-order valence-corrected chi connectivity index (χ4v) is 0. The third kappa shape index (κ3) is 33.2. The van der Waals surface area contributed by atoms with E-state index >= 15 is 0 Å². The topological polar surface area (TPSA) is 60.7 Å². The van der Waals surface area contributed by atoms with Crippen LogP contribution in [0.3, 0.4) is 0 Å². The minimum atomic E-state index is -2.17. The molecule has 0 spiro atoms. The van der Waals surface area contributed by atoms with E-state index in [4.69, 9.17) is 15.1 Å². The van der Waals surface area contributed by atoms with E-state index in [0.29, 0.717) is 0 Å². The summed E-state index contributed by atoms with van der Waals surface area (Å²) in [6.07, 6.45) is 0. The molecule has 0 aliphatic rings. The summed E-state index contributed by atoms with van der Waals surface area (Å²) in [7, 11) is -2.17. The predicted molar refractivity (Wildman–Crippen MR) is 13.5 cm³/mol. The Kier molecular flexibility index (Phi) is 27.1. The van der Waals surface area contributed by atoms with Gasteiger partial charge in [-0.05, 0) is 0 Å². The maximum Gasteiger partial charge on any atom is 1.00 e. The first-order valence-corrected chi connectivity index (χ1v) is 0.775. The number of hydrogen-bond acceptors (Lipinski definition) is 3. The van der Waals surface area contributed by atoms with Crippen LogP contribution in [-0.2, 0) is 22.4 Å². The first-order chi connectivity index (χ1) is 1.73. The summed E-state index contributed by atoms with van der Waals surface area (Å²) in [5.74, 6) is 0. The molecule has 0 aromatic heterocycles. The van der Waals surface area contributed by atoms with E-state index in [0.717, 1.165) is 0 Å². The van der Waals surface area contributed by atoms with E-state index < -0.39 is 7.32 Å². The summed E-state index contributed by atoms with van der Waals surface area (Å²) >= 11 is 0. The zero-order valence-electron chi connectivity index (χ0n) is 4.37. The number of rotatable bonds is 0. The summed E-state index contributed by atoms with van der Waals surface area (Å²) < 4.78 is 0. The van der Waals surface area contributed by atoms with Gasteiger partial charge in [-0.3, -0.25) is 0 Å². The summed E-state index contributed by atoms with van der Waals surface area (Å²) in [6.45, 7) is 0. The van der Waals surface area contributed by atoms with Crippen LogP contribution in [0.2, 0.25) is 0 Å². The van der Waals surface area contributed by atoms with Crippen LogP contribution in [0, 0.1) is 0 Å². The SMILES string of the molecule is OB(O)O.[H-].[K+].[Ta]. The first kappa shape index (κ1) is 15.8. The molecule has 0 amide bonds. The van der Waals surface area contributed by atoms with E-state index in [1.54, 1.807) is 0 Å². The molecule has 1 radical (unpaired) electrons. The molecule has 0 atom stereocenters. The van der Waals surface area contributed by atoms with Gasteiger partial charge in [0.25, 0.3) is 0 Å². The van der Waals surface area contributed by atoms with Crippen LogP contribution in [0.15, 0.2) is 0 Å². The van der Waals surface area contributed by atoms with Gasteiger partial charge in [-0.25, -0.2) is 0 Å². The molecule has 3 nitrogen and oxygen atoms in total. The molecular formula is H4BKO3Ta. The quantitative estimate of drug-likeness (QED) is 0.390. The van der Waals surface area contributed by atoms with E-state index in [1.165, 1.54) is 0 Å². The molecule has 0 aliphatic heterocycles. The molecule has 0 fully saturated rings. The number of hydrogen-bond donors (Lipinski definition) is 3. The van der Waals surface area contributed by atoms with Gasteiger partial charge in [0.1, 0.15) is 0 Å². The van der Waals surface area contributed by atoms with Gasteiger partial charge in [0.2, 0.25) is 0 Å². The maximum atomic E-state index is 7.17. The summed E-state index contributed by atoms with van der Waals surface area (Å²) in [6, 6.07) is 0. The van der Waals surface area contributed by atoms with Crippen LogP contribution in [0.25, 0.3) is 0 Å². The van der Waals surface area contributed by atoms with Gasteiger partial charge in [0.15, 0.2) is 0 Å². The second kappa shape index (κ2) is 10.3. The van der Waals surface area contributed by atoms with Crippen LogP contribution in [0.5, 0.6) is 0 Å². The Hall–Kier alpha value is 2.32. The molecule has 0 rings (SSSR count). The van der Waals surface area contributed by atoms with Gasteiger partial charge in [-0.2, -0.15) is 0 Å². The molecule has 0 unspecified atom stereocenters. The van der Waals surface area contributed by atoms with Crippen molar-refractivity contribution in [3.8, 4) is 0 Å². The van der Waals surface area contributed by atoms with Crippen LogP contribution in [-0.4, -0.2) is 22.4 Å². The van der Waals surface area contributed by atoms with E-state index in [-0.39, 0.29) is 75.2 Å². The Labute approximate surface area is 95.7 Å². The molecule has 0 aromatic rings. The van der Waals surface area contributed by atoms with E-state index in [9.17, 15) is 0 Å². The Balaban J connectivity index is -0.0000000150. The molecule has 0 saturated heterocycles. The standard InChI is InChI=1S/BH3O3.K.Ta.H/c2-1(3)4;;;/h2-4H;;;/q;+1;;-1. The average molecular weight is 283 g/mol. The fourth-order valence-electron chi connectivity index (χ4n) is 0. The Morgan fingerprint density at radius 2 is 1.17 bits per heavy atom. The molecule has 0 bridgehead atoms. The van der Waals surface area contributed by atoms with Crippen LogP contribution >= 0.6 is 0 Å². The van der Waals surface area contributed by atoms with Gasteiger partial charge >= 0.3 is 58.7 Å². The summed E-state index contributed by atoms with van der Waals surface area (Å²) in [5.41, 5.74) is 0. The molecule has 6 heteroatoms. The van der Waals surface area contributed by atoms with Gasteiger partial charge in [0.05, 0.1) is 0 Å². The van der Waals surface area contributed by atoms with Gasteiger partial charge in [-0.1, -0.05) is 0 Å². The van der Waals surface area contributed by atoms with Crippen molar-refractivity contribution < 1.29 is 90.3 Å². The molecule has 0 saturated carbocycles. The van der Waals surface area contributed by atoms with E-state index in [2.05, 4.69) is 0 Å². The van der Waals surface area contributed by atoms with Crippen LogP contribution < -0.4 is 51.4 Å². The Morgan fingerprint density at radius 3 is 1.17 bits per heavy atom. The molecule has 0 heterocycles. The van der Waals surface area contributed by atoms with Gasteiger partial charge in [-0.15, -0.1) is 0 Å². The molecule has 3 N–H and O–H groups in total. The second-order valence-corrected chi connectivity index (χ2v) is 0.346. The van der Waals surface area contributed by atoms with Crippen molar-refractivity contribution in [1.29, 1.82) is 0 Å². The summed E-state index contributed by atoms with van der Waals surface area (Å²) in [5, 5.41) is 21.5. The normalized spacial score (nSPS) is 4.50. The van der Waals surface area contributed by atoms with Crippen molar-refractivity contribution in [2.45, 2.75) is 0 Å². The Bertz CT molecular complexity index is 19.7. The molecule has 0 aromatic carbocycles. The monoisotopic (exact) mass is 283 g/mol. The second-order valence-electron chi connectivity index (χ2n) is 0.346. The van der Waals surface area contributed by atoms with Crippen molar-refractivity contribution in [3.05, 3.63) is 0 Å². The first-order valence-electron chi connectivity index (χ1n) is 0.775. The fraction of sp³-hybridized carbons (Fsp3) is 0. The third-order valence-electron chi connectivity index (χ3n) is 0. The molecular weight excluding hydrogens is 279 g/mol. The molecule has 6 heavy (non-hydrogen) atoms. The van der Waals surface area contributed by atoms with Crippen molar-refractivity contribution >= 4 is 7.32 Å². The van der Waals surface area contributed by atoms with Crippen LogP contribution in [0.1, 0.15) is 1.43 Å². The maximum absolute atomic E-state index is 7.17. The smallest absolute Gasteiger partial charge is 1.00 e. The zero-order chi connectivity index (χ0) is 3.58. The van der Waals surface area contributed by atoms with Gasteiger partial charge in [0, 0.05) is 22.4 Å².